The Kier molecular flexibility index (Phi) is 3.42. The van der Waals surface area contributed by atoms with Crippen LogP contribution in [-0.4, -0.2) is 18.3 Å². The van der Waals surface area contributed by atoms with E-state index in [1.54, 1.807) is 0 Å². The first-order valence-corrected chi connectivity index (χ1v) is 5.86. The normalized spacial score (nSPS) is 16.8. The molecule has 3 nitrogen and oxygen atoms in total. The first kappa shape index (κ1) is 13.7. The molecule has 1 saturated carbocycles. The van der Waals surface area contributed by atoms with Gasteiger partial charge in [0.05, 0.1) is 23.8 Å². The topological polar surface area (TPSA) is 56.0 Å². The second-order valence-electron chi connectivity index (χ2n) is 4.88. The summed E-state index contributed by atoms with van der Waals surface area (Å²) in [6.45, 7) is 0.237. The number of nitrogens with one attached hydrogen (secondary N) is 1. The lowest BCUT2D eigenvalue weighted by Crippen LogP contribution is -2.21. The maximum absolute atomic E-state index is 12.8. The van der Waals surface area contributed by atoms with E-state index in [2.05, 4.69) is 5.32 Å². The van der Waals surface area contributed by atoms with Crippen molar-refractivity contribution in [1.29, 1.82) is 5.26 Å². The van der Waals surface area contributed by atoms with E-state index >= 15 is 0 Å². The van der Waals surface area contributed by atoms with Gasteiger partial charge in [-0.1, -0.05) is 0 Å². The van der Waals surface area contributed by atoms with Crippen LogP contribution < -0.4 is 5.32 Å². The van der Waals surface area contributed by atoms with E-state index in [0.29, 0.717) is 0 Å². The van der Waals surface area contributed by atoms with Crippen LogP contribution in [0, 0.1) is 16.7 Å². The zero-order valence-electron chi connectivity index (χ0n) is 10.1. The highest BCUT2D eigenvalue weighted by atomic mass is 19.4. The van der Waals surface area contributed by atoms with E-state index in [-0.39, 0.29) is 29.8 Å². The number of hydrogen-bond donors (Lipinski definition) is 2. The van der Waals surface area contributed by atoms with Gasteiger partial charge in [-0.3, -0.25) is 0 Å². The summed E-state index contributed by atoms with van der Waals surface area (Å²) in [7, 11) is 0. The van der Waals surface area contributed by atoms with Gasteiger partial charge in [-0.25, -0.2) is 0 Å². The van der Waals surface area contributed by atoms with Crippen LogP contribution in [0.5, 0.6) is 0 Å². The Morgan fingerprint density at radius 1 is 1.37 bits per heavy atom. The van der Waals surface area contributed by atoms with Crippen molar-refractivity contribution in [2.45, 2.75) is 19.0 Å². The lowest BCUT2D eigenvalue weighted by molar-refractivity contribution is -0.137. The van der Waals surface area contributed by atoms with Crippen LogP contribution in [0.2, 0.25) is 0 Å². The Hall–Kier alpha value is -1.74. The first-order chi connectivity index (χ1) is 8.90. The highest BCUT2D eigenvalue weighted by molar-refractivity contribution is 5.57. The molecule has 2 N–H and O–H groups in total. The molecular formula is C13H13F3N2O. The van der Waals surface area contributed by atoms with Gasteiger partial charge in [0.15, 0.2) is 0 Å². The van der Waals surface area contributed by atoms with E-state index in [0.717, 1.165) is 25.0 Å². The Bertz CT molecular complexity index is 516. The fourth-order valence-electron chi connectivity index (χ4n) is 1.86. The molecule has 0 atom stereocenters. The van der Waals surface area contributed by atoms with Crippen LogP contribution in [0.25, 0.3) is 0 Å². The van der Waals surface area contributed by atoms with Crippen molar-refractivity contribution >= 4 is 5.69 Å². The van der Waals surface area contributed by atoms with Gasteiger partial charge in [-0.05, 0) is 31.0 Å². The third kappa shape index (κ3) is 2.99. The molecule has 0 radical (unpaired) electrons. The number of alkyl halides is 3. The summed E-state index contributed by atoms with van der Waals surface area (Å²) in [6.07, 6.45) is -2.86. The third-order valence-corrected chi connectivity index (χ3v) is 3.40. The maximum Gasteiger partial charge on any atom is 0.418 e. The summed E-state index contributed by atoms with van der Waals surface area (Å²) < 4.78 is 38.5. The number of benzene rings is 1. The molecule has 0 saturated heterocycles. The Labute approximate surface area is 108 Å². The van der Waals surface area contributed by atoms with E-state index in [9.17, 15) is 13.2 Å². The standard InChI is InChI=1S/C13H13F3N2O/c14-13(15,16)10-2-1-9(6-17)5-11(10)18-7-12(8-19)3-4-12/h1-2,5,18-19H,3-4,7-8H2. The van der Waals surface area contributed by atoms with Gasteiger partial charge in [0.2, 0.25) is 0 Å². The lowest BCUT2D eigenvalue weighted by atomic mass is 10.1. The monoisotopic (exact) mass is 270 g/mol. The number of hydrogen-bond acceptors (Lipinski definition) is 3. The van der Waals surface area contributed by atoms with Crippen LogP contribution in [-0.2, 0) is 6.18 Å². The van der Waals surface area contributed by atoms with E-state index in [4.69, 9.17) is 10.4 Å². The van der Waals surface area contributed by atoms with Gasteiger partial charge < -0.3 is 10.4 Å². The van der Waals surface area contributed by atoms with Crippen LogP contribution in [0.3, 0.4) is 0 Å². The summed E-state index contributed by atoms with van der Waals surface area (Å²) in [5, 5.41) is 20.6. The minimum Gasteiger partial charge on any atom is -0.396 e. The van der Waals surface area contributed by atoms with Crippen molar-refractivity contribution in [2.75, 3.05) is 18.5 Å². The molecule has 0 bridgehead atoms. The molecule has 0 heterocycles. The molecule has 1 aliphatic carbocycles. The lowest BCUT2D eigenvalue weighted by Gasteiger charge is -2.18. The molecule has 6 heteroatoms. The summed E-state index contributed by atoms with van der Waals surface area (Å²) in [5.41, 5.74) is -1.03. The van der Waals surface area contributed by atoms with Crippen LogP contribution in [0.15, 0.2) is 18.2 Å². The molecule has 19 heavy (non-hydrogen) atoms. The van der Waals surface area contributed by atoms with Crippen LogP contribution in [0.1, 0.15) is 24.0 Å². The summed E-state index contributed by atoms with van der Waals surface area (Å²) in [6, 6.07) is 5.05. The molecular weight excluding hydrogens is 257 g/mol. The van der Waals surface area contributed by atoms with Crippen LogP contribution >= 0.6 is 0 Å². The number of halogens is 3. The van der Waals surface area contributed by atoms with Crippen molar-refractivity contribution in [2.24, 2.45) is 5.41 Å². The van der Waals surface area contributed by atoms with Crippen molar-refractivity contribution < 1.29 is 18.3 Å². The van der Waals surface area contributed by atoms with Gasteiger partial charge in [-0.2, -0.15) is 18.4 Å². The third-order valence-electron chi connectivity index (χ3n) is 3.40. The first-order valence-electron chi connectivity index (χ1n) is 5.86. The van der Waals surface area contributed by atoms with Crippen molar-refractivity contribution in [3.63, 3.8) is 0 Å². The number of nitriles is 1. The average Bonchev–Trinajstić information content (AvgIpc) is 3.15. The number of rotatable bonds is 4. The second kappa shape index (κ2) is 4.74. The summed E-state index contributed by atoms with van der Waals surface area (Å²) in [4.78, 5) is 0. The van der Waals surface area contributed by atoms with E-state index in [1.807, 2.05) is 6.07 Å². The Morgan fingerprint density at radius 3 is 2.53 bits per heavy atom. The molecule has 0 spiro atoms. The molecule has 102 valence electrons. The van der Waals surface area contributed by atoms with Gasteiger partial charge >= 0.3 is 6.18 Å². The van der Waals surface area contributed by atoms with Crippen molar-refractivity contribution in [1.82, 2.24) is 0 Å². The van der Waals surface area contributed by atoms with Crippen molar-refractivity contribution in [3.8, 4) is 6.07 Å². The molecule has 0 amide bonds. The van der Waals surface area contributed by atoms with Gasteiger partial charge in [0, 0.05) is 17.6 Å². The molecule has 1 aromatic carbocycles. The number of aliphatic hydroxyl groups is 1. The highest BCUT2D eigenvalue weighted by Gasteiger charge is 2.42. The average molecular weight is 270 g/mol. The maximum atomic E-state index is 12.8. The quantitative estimate of drug-likeness (QED) is 0.884. The minimum absolute atomic E-state index is 0.0424. The zero-order valence-corrected chi connectivity index (χ0v) is 10.1. The molecule has 1 aromatic rings. The predicted octanol–water partition coefficient (Wildman–Crippen LogP) is 2.76. The molecule has 1 fully saturated rings. The minimum atomic E-state index is -4.47. The van der Waals surface area contributed by atoms with E-state index in [1.165, 1.54) is 6.07 Å². The second-order valence-corrected chi connectivity index (χ2v) is 4.88. The number of anilines is 1. The Morgan fingerprint density at radius 2 is 2.05 bits per heavy atom. The molecule has 0 unspecified atom stereocenters. The SMILES string of the molecule is N#Cc1ccc(C(F)(F)F)c(NCC2(CO)CC2)c1. The Balaban J connectivity index is 2.23. The molecule has 1 aliphatic rings. The number of aliphatic hydroxyl groups excluding tert-OH is 1. The van der Waals surface area contributed by atoms with Gasteiger partial charge in [0.25, 0.3) is 0 Å². The molecule has 2 rings (SSSR count). The summed E-state index contributed by atoms with van der Waals surface area (Å²) in [5.74, 6) is 0. The molecule has 0 aromatic heterocycles. The fourth-order valence-corrected chi connectivity index (χ4v) is 1.86. The van der Waals surface area contributed by atoms with Crippen molar-refractivity contribution in [3.05, 3.63) is 29.3 Å². The van der Waals surface area contributed by atoms with E-state index < -0.39 is 11.7 Å². The predicted molar refractivity (Wildman–Crippen MR) is 63.4 cm³/mol. The molecule has 0 aliphatic heterocycles. The largest absolute Gasteiger partial charge is 0.418 e. The fraction of sp³-hybridized carbons (Fsp3) is 0.462. The highest BCUT2D eigenvalue weighted by Crippen LogP contribution is 2.45. The van der Waals surface area contributed by atoms with Gasteiger partial charge in [-0.15, -0.1) is 0 Å². The smallest absolute Gasteiger partial charge is 0.396 e. The zero-order chi connectivity index (χ0) is 14.1. The summed E-state index contributed by atoms with van der Waals surface area (Å²) >= 11 is 0. The van der Waals surface area contributed by atoms with Gasteiger partial charge in [0.1, 0.15) is 0 Å². The van der Waals surface area contributed by atoms with Crippen LogP contribution in [0.4, 0.5) is 18.9 Å². The number of nitrogens with zero attached hydrogens (tertiary/aromatic N) is 1.